The molecule has 0 unspecified atom stereocenters. The minimum absolute atomic E-state index is 1.02. The van der Waals surface area contributed by atoms with Gasteiger partial charge in [0.05, 0.1) is 16.6 Å². The maximum atomic E-state index is 5.19. The van der Waals surface area contributed by atoms with Crippen LogP contribution >= 0.6 is 0 Å². The van der Waals surface area contributed by atoms with Gasteiger partial charge in [-0.25, -0.2) is 4.98 Å². The van der Waals surface area contributed by atoms with Crippen LogP contribution in [0.2, 0.25) is 0 Å². The van der Waals surface area contributed by atoms with Crippen molar-refractivity contribution in [3.63, 3.8) is 0 Å². The van der Waals surface area contributed by atoms with Crippen LogP contribution in [0.25, 0.3) is 70.7 Å². The summed E-state index contributed by atoms with van der Waals surface area (Å²) in [6, 6.07) is 39.4. The van der Waals surface area contributed by atoms with Crippen LogP contribution in [-0.2, 0) is 0 Å². The molecule has 152 valence electrons. The molecule has 2 aromatic heterocycles. The van der Waals surface area contributed by atoms with Gasteiger partial charge in [-0.15, -0.1) is 0 Å². The molecule has 0 aliphatic carbocycles. The second-order valence-corrected chi connectivity index (χ2v) is 8.82. The maximum absolute atomic E-state index is 5.19. The SMILES string of the molecule is c1ccc2cc3c(cc2c1)c1c2ccccc2c2ccccc2c1c1nc2ccccc2n31. The topological polar surface area (TPSA) is 17.3 Å². The third kappa shape index (κ3) is 2.15. The van der Waals surface area contributed by atoms with E-state index in [0.29, 0.717) is 0 Å². The number of fused-ring (bicyclic) bond motifs is 14. The van der Waals surface area contributed by atoms with Crippen LogP contribution in [0.4, 0.5) is 0 Å². The molecule has 0 aliphatic heterocycles. The number of nitrogens with zero attached hydrogens (tertiary/aromatic N) is 2. The van der Waals surface area contributed by atoms with Crippen molar-refractivity contribution >= 4 is 70.7 Å². The Labute approximate surface area is 189 Å². The molecule has 0 aliphatic rings. The van der Waals surface area contributed by atoms with Gasteiger partial charge >= 0.3 is 0 Å². The van der Waals surface area contributed by atoms with E-state index in [1.54, 1.807) is 0 Å². The van der Waals surface area contributed by atoms with Crippen molar-refractivity contribution in [2.75, 3.05) is 0 Å². The normalized spacial score (nSPS) is 12.2. The Morgan fingerprint density at radius 2 is 1.03 bits per heavy atom. The third-order valence-corrected chi connectivity index (χ3v) is 7.09. The molecule has 0 spiro atoms. The van der Waals surface area contributed by atoms with Crippen molar-refractivity contribution in [1.82, 2.24) is 9.38 Å². The van der Waals surface area contributed by atoms with Crippen LogP contribution < -0.4 is 0 Å². The van der Waals surface area contributed by atoms with E-state index in [1.165, 1.54) is 54.0 Å². The van der Waals surface area contributed by atoms with Crippen molar-refractivity contribution in [2.45, 2.75) is 0 Å². The quantitative estimate of drug-likeness (QED) is 0.179. The molecular weight excluding hydrogens is 400 g/mol. The van der Waals surface area contributed by atoms with Gasteiger partial charge in [0.15, 0.2) is 0 Å². The van der Waals surface area contributed by atoms with Gasteiger partial charge in [-0.3, -0.25) is 4.40 Å². The predicted octanol–water partition coefficient (Wildman–Crippen LogP) is 8.25. The number of hydrogen-bond donors (Lipinski definition) is 0. The van der Waals surface area contributed by atoms with Gasteiger partial charge in [-0.1, -0.05) is 84.9 Å². The first-order valence-electron chi connectivity index (χ1n) is 11.3. The summed E-state index contributed by atoms with van der Waals surface area (Å²) in [4.78, 5) is 5.19. The van der Waals surface area contributed by atoms with E-state index in [9.17, 15) is 0 Å². The highest BCUT2D eigenvalue weighted by Gasteiger charge is 2.19. The van der Waals surface area contributed by atoms with E-state index >= 15 is 0 Å². The molecule has 0 bridgehead atoms. The summed E-state index contributed by atoms with van der Waals surface area (Å²) in [5, 5.41) is 11.4. The highest BCUT2D eigenvalue weighted by Crippen LogP contribution is 2.42. The summed E-state index contributed by atoms with van der Waals surface area (Å²) in [5.41, 5.74) is 4.39. The minimum atomic E-state index is 1.02. The Bertz CT molecular complexity index is 2080. The first kappa shape index (κ1) is 17.2. The zero-order valence-corrected chi connectivity index (χ0v) is 17.8. The van der Waals surface area contributed by atoms with Crippen molar-refractivity contribution in [1.29, 1.82) is 0 Å². The summed E-state index contributed by atoms with van der Waals surface area (Å²) in [5.74, 6) is 0. The molecule has 2 heteroatoms. The molecule has 0 amide bonds. The monoisotopic (exact) mass is 418 g/mol. The Balaban J connectivity index is 1.84. The number of aromatic nitrogens is 2. The summed E-state index contributed by atoms with van der Waals surface area (Å²) in [6.07, 6.45) is 0. The first-order chi connectivity index (χ1) is 16.4. The number of para-hydroxylation sites is 2. The molecule has 33 heavy (non-hydrogen) atoms. The summed E-state index contributed by atoms with van der Waals surface area (Å²) >= 11 is 0. The Morgan fingerprint density at radius 3 is 1.79 bits per heavy atom. The van der Waals surface area contributed by atoms with E-state index in [2.05, 4.69) is 114 Å². The molecule has 0 atom stereocenters. The highest BCUT2D eigenvalue weighted by atomic mass is 15.0. The second-order valence-electron chi connectivity index (χ2n) is 8.82. The van der Waals surface area contributed by atoms with E-state index in [4.69, 9.17) is 4.98 Å². The standard InChI is InChI=1S/C31H18N2/c1-2-10-20-18-28-25(17-19(20)9-1)29-23-13-5-3-11-21(23)22-12-4-6-14-24(22)30(29)31-32-26-15-7-8-16-27(26)33(28)31/h1-18H. The average molecular weight is 418 g/mol. The summed E-state index contributed by atoms with van der Waals surface area (Å²) < 4.78 is 2.36. The fourth-order valence-electron chi connectivity index (χ4n) is 5.70. The molecule has 0 saturated carbocycles. The van der Waals surface area contributed by atoms with Crippen molar-refractivity contribution in [3.8, 4) is 0 Å². The van der Waals surface area contributed by atoms with Gasteiger partial charge < -0.3 is 0 Å². The number of pyridine rings is 1. The van der Waals surface area contributed by atoms with Crippen LogP contribution in [0.1, 0.15) is 0 Å². The van der Waals surface area contributed by atoms with Crippen LogP contribution in [0.3, 0.4) is 0 Å². The van der Waals surface area contributed by atoms with E-state index < -0.39 is 0 Å². The van der Waals surface area contributed by atoms with Crippen LogP contribution in [0, 0.1) is 0 Å². The smallest absolute Gasteiger partial charge is 0.147 e. The molecule has 2 heterocycles. The van der Waals surface area contributed by atoms with Crippen LogP contribution in [0.15, 0.2) is 109 Å². The van der Waals surface area contributed by atoms with Crippen molar-refractivity contribution in [3.05, 3.63) is 109 Å². The van der Waals surface area contributed by atoms with E-state index in [-0.39, 0.29) is 0 Å². The van der Waals surface area contributed by atoms with Gasteiger partial charge in [0, 0.05) is 16.2 Å². The lowest BCUT2D eigenvalue weighted by atomic mass is 9.92. The lowest BCUT2D eigenvalue weighted by Crippen LogP contribution is -1.94. The van der Waals surface area contributed by atoms with Crippen LogP contribution in [-0.4, -0.2) is 9.38 Å². The summed E-state index contributed by atoms with van der Waals surface area (Å²) in [7, 11) is 0. The molecular formula is C31H18N2. The molecule has 0 fully saturated rings. The van der Waals surface area contributed by atoms with Crippen LogP contribution in [0.5, 0.6) is 0 Å². The molecule has 8 rings (SSSR count). The molecule has 0 saturated heterocycles. The molecule has 0 N–H and O–H groups in total. The van der Waals surface area contributed by atoms with Gasteiger partial charge in [0.2, 0.25) is 0 Å². The zero-order chi connectivity index (χ0) is 21.5. The lowest BCUT2D eigenvalue weighted by Gasteiger charge is -2.15. The fourth-order valence-corrected chi connectivity index (χ4v) is 5.70. The van der Waals surface area contributed by atoms with Gasteiger partial charge in [-0.2, -0.15) is 0 Å². The third-order valence-electron chi connectivity index (χ3n) is 7.09. The molecule has 0 radical (unpaired) electrons. The second kappa shape index (κ2) is 6.08. The number of rotatable bonds is 0. The van der Waals surface area contributed by atoms with E-state index in [1.807, 2.05) is 0 Å². The Hall–Kier alpha value is -4.43. The van der Waals surface area contributed by atoms with Crippen molar-refractivity contribution in [2.24, 2.45) is 0 Å². The number of benzene rings is 6. The van der Waals surface area contributed by atoms with Gasteiger partial charge in [-0.05, 0) is 56.6 Å². The summed E-state index contributed by atoms with van der Waals surface area (Å²) in [6.45, 7) is 0. The fraction of sp³-hybridized carbons (Fsp3) is 0. The van der Waals surface area contributed by atoms with E-state index in [0.717, 1.165) is 16.7 Å². The molecule has 6 aromatic carbocycles. The molecule has 8 aromatic rings. The zero-order valence-electron chi connectivity index (χ0n) is 17.8. The maximum Gasteiger partial charge on any atom is 0.147 e. The average Bonchev–Trinajstić information content (AvgIpc) is 3.27. The van der Waals surface area contributed by atoms with Crippen molar-refractivity contribution < 1.29 is 0 Å². The molecule has 2 nitrogen and oxygen atoms in total. The minimum Gasteiger partial charge on any atom is -0.292 e. The Morgan fingerprint density at radius 1 is 0.455 bits per heavy atom. The highest BCUT2D eigenvalue weighted by molar-refractivity contribution is 6.35. The first-order valence-corrected chi connectivity index (χ1v) is 11.3. The number of hydrogen-bond acceptors (Lipinski definition) is 1. The predicted molar refractivity (Wildman–Crippen MR) is 140 cm³/mol. The van der Waals surface area contributed by atoms with Gasteiger partial charge in [0.25, 0.3) is 0 Å². The largest absolute Gasteiger partial charge is 0.292 e. The Kier molecular flexibility index (Phi) is 3.16. The van der Waals surface area contributed by atoms with Gasteiger partial charge in [0.1, 0.15) is 5.65 Å². The lowest BCUT2D eigenvalue weighted by molar-refractivity contribution is 1.32. The number of imidazole rings is 1.